The number of hydrogen-bond donors (Lipinski definition) is 0. The zero-order chi connectivity index (χ0) is 29.8. The van der Waals surface area contributed by atoms with Crippen molar-refractivity contribution in [3.8, 4) is 5.75 Å². The van der Waals surface area contributed by atoms with E-state index < -0.39 is 37.3 Å². The Morgan fingerprint density at radius 2 is 1.38 bits per heavy atom. The molecule has 0 saturated heterocycles. The van der Waals surface area contributed by atoms with Crippen molar-refractivity contribution >= 4 is 28.9 Å². The maximum absolute atomic E-state index is 12.8. The SMILES string of the molecule is CN(C)c1ccc(/C=C/c2nc3ccc(OCCOCCOC(C(F)(F)F)(C(F)(F)F)C(F)(F)F)cc3o2)cc1. The molecule has 1 aromatic heterocycles. The van der Waals surface area contributed by atoms with Crippen LogP contribution in [0.1, 0.15) is 11.5 Å². The summed E-state index contributed by atoms with van der Waals surface area (Å²) >= 11 is 0. The molecule has 0 N–H and O–H groups in total. The summed E-state index contributed by atoms with van der Waals surface area (Å²) in [5, 5.41) is 0. The van der Waals surface area contributed by atoms with Gasteiger partial charge in [-0.15, -0.1) is 0 Å². The van der Waals surface area contributed by atoms with Crippen LogP contribution in [0.15, 0.2) is 46.9 Å². The van der Waals surface area contributed by atoms with Gasteiger partial charge in [-0.3, -0.25) is 0 Å². The van der Waals surface area contributed by atoms with E-state index >= 15 is 0 Å². The van der Waals surface area contributed by atoms with Crippen LogP contribution < -0.4 is 9.64 Å². The maximum Gasteiger partial charge on any atom is 0.435 e. The van der Waals surface area contributed by atoms with Crippen LogP contribution in [0.3, 0.4) is 0 Å². The highest BCUT2D eigenvalue weighted by Gasteiger charge is 2.85. The van der Waals surface area contributed by atoms with Gasteiger partial charge in [0.05, 0.1) is 19.8 Å². The predicted molar refractivity (Wildman–Crippen MR) is 127 cm³/mol. The van der Waals surface area contributed by atoms with E-state index in [4.69, 9.17) is 13.9 Å². The molecule has 6 nitrogen and oxygen atoms in total. The van der Waals surface area contributed by atoms with Crippen molar-refractivity contribution in [2.24, 2.45) is 0 Å². The van der Waals surface area contributed by atoms with Crippen LogP contribution in [0.2, 0.25) is 0 Å². The largest absolute Gasteiger partial charge is 0.491 e. The van der Waals surface area contributed by atoms with E-state index in [1.165, 1.54) is 12.1 Å². The number of oxazole rings is 1. The van der Waals surface area contributed by atoms with E-state index in [0.717, 1.165) is 11.3 Å². The second-order valence-electron chi connectivity index (χ2n) is 8.48. The van der Waals surface area contributed by atoms with Crippen LogP contribution in [0, 0.1) is 0 Å². The van der Waals surface area contributed by atoms with E-state index in [9.17, 15) is 39.5 Å². The van der Waals surface area contributed by atoms with Gasteiger partial charge in [0.1, 0.15) is 17.9 Å². The number of anilines is 1. The van der Waals surface area contributed by atoms with Crippen LogP contribution in [0.5, 0.6) is 5.75 Å². The number of benzene rings is 2. The molecule has 0 aliphatic heterocycles. The summed E-state index contributed by atoms with van der Waals surface area (Å²) in [5.74, 6) is 0.600. The van der Waals surface area contributed by atoms with Crippen molar-refractivity contribution in [2.75, 3.05) is 45.4 Å². The Bertz CT molecular complexity index is 1240. The molecule has 2 aromatic carbocycles. The summed E-state index contributed by atoms with van der Waals surface area (Å²) in [6.45, 7) is -3.20. The number of nitrogens with zero attached hydrogens (tertiary/aromatic N) is 2. The first kappa shape index (κ1) is 31.1. The van der Waals surface area contributed by atoms with Crippen LogP contribution in [0.4, 0.5) is 45.2 Å². The van der Waals surface area contributed by atoms with Gasteiger partial charge in [-0.1, -0.05) is 12.1 Å². The first-order chi connectivity index (χ1) is 18.5. The topological polar surface area (TPSA) is 57.0 Å². The molecule has 220 valence electrons. The number of alkyl halides is 9. The molecule has 15 heteroatoms. The van der Waals surface area contributed by atoms with Crippen molar-refractivity contribution in [3.05, 3.63) is 53.9 Å². The minimum atomic E-state index is -6.79. The zero-order valence-corrected chi connectivity index (χ0v) is 21.0. The third kappa shape index (κ3) is 6.99. The molecule has 0 unspecified atom stereocenters. The fraction of sp³-hybridized carbons (Fsp3) is 0.400. The van der Waals surface area contributed by atoms with Crippen molar-refractivity contribution in [2.45, 2.75) is 24.1 Å². The van der Waals surface area contributed by atoms with Gasteiger partial charge in [0.2, 0.25) is 5.89 Å². The standard InChI is InChI=1S/C25H23F9N2O4/c1-36(2)17-6-3-16(4-7-17)5-10-21-35-19-9-8-18(15-20(19)40-21)38-13-11-37-12-14-39-22(23(26,27)28,24(29,30)31)25(32,33)34/h3-10,15H,11-14H2,1-2H3/b10-5+. The highest BCUT2D eigenvalue weighted by Crippen LogP contribution is 2.54. The lowest BCUT2D eigenvalue weighted by Gasteiger charge is -2.37. The molecular formula is C25H23F9N2O4. The summed E-state index contributed by atoms with van der Waals surface area (Å²) < 4.78 is 134. The summed E-state index contributed by atoms with van der Waals surface area (Å²) in [4.78, 5) is 6.28. The van der Waals surface area contributed by atoms with E-state index in [0.29, 0.717) is 17.0 Å². The highest BCUT2D eigenvalue weighted by molar-refractivity contribution is 5.77. The molecule has 3 aromatic rings. The maximum atomic E-state index is 12.8. The number of halogens is 9. The van der Waals surface area contributed by atoms with Gasteiger partial charge in [-0.05, 0) is 35.9 Å². The van der Waals surface area contributed by atoms with Crippen molar-refractivity contribution < 1.29 is 58.1 Å². The van der Waals surface area contributed by atoms with E-state index in [2.05, 4.69) is 9.72 Å². The normalized spacial score (nSPS) is 13.4. The zero-order valence-electron chi connectivity index (χ0n) is 21.0. The molecule has 0 bridgehead atoms. The monoisotopic (exact) mass is 586 g/mol. The van der Waals surface area contributed by atoms with Gasteiger partial charge >= 0.3 is 24.1 Å². The molecule has 0 radical (unpaired) electrons. The molecule has 40 heavy (non-hydrogen) atoms. The Labute approximate surface area is 221 Å². The Morgan fingerprint density at radius 3 is 1.95 bits per heavy atom. The fourth-order valence-corrected chi connectivity index (χ4v) is 3.44. The average Bonchev–Trinajstić information content (AvgIpc) is 3.24. The Balaban J connectivity index is 1.50. The quantitative estimate of drug-likeness (QED) is 0.180. The number of ether oxygens (including phenoxy) is 3. The number of fused-ring (bicyclic) bond motifs is 1. The lowest BCUT2D eigenvalue weighted by molar-refractivity contribution is -0.457. The van der Waals surface area contributed by atoms with Crippen molar-refractivity contribution in [3.63, 3.8) is 0 Å². The summed E-state index contributed by atoms with van der Waals surface area (Å²) in [6, 6.07) is 12.4. The molecule has 0 aliphatic rings. The van der Waals surface area contributed by atoms with Crippen molar-refractivity contribution in [1.29, 1.82) is 0 Å². The predicted octanol–water partition coefficient (Wildman–Crippen LogP) is 6.90. The molecular weight excluding hydrogens is 563 g/mol. The minimum absolute atomic E-state index is 0.224. The number of hydrogen-bond acceptors (Lipinski definition) is 6. The van der Waals surface area contributed by atoms with Crippen LogP contribution in [-0.4, -0.2) is 69.6 Å². The summed E-state index contributed by atoms with van der Waals surface area (Å²) in [7, 11) is 3.86. The lowest BCUT2D eigenvalue weighted by Crippen LogP contribution is -2.68. The average molecular weight is 586 g/mol. The van der Waals surface area contributed by atoms with Gasteiger partial charge in [0, 0.05) is 31.9 Å². The minimum Gasteiger partial charge on any atom is -0.491 e. The molecule has 0 atom stereocenters. The number of aromatic nitrogens is 1. The van der Waals surface area contributed by atoms with Crippen molar-refractivity contribution in [1.82, 2.24) is 4.98 Å². The lowest BCUT2D eigenvalue weighted by atomic mass is 10.0. The third-order valence-corrected chi connectivity index (χ3v) is 5.44. The van der Waals surface area contributed by atoms with Gasteiger partial charge in [-0.25, -0.2) is 4.98 Å². The van der Waals surface area contributed by atoms with E-state index in [1.54, 1.807) is 12.1 Å². The van der Waals surface area contributed by atoms with Crippen LogP contribution >= 0.6 is 0 Å². The molecule has 0 amide bonds. The van der Waals surface area contributed by atoms with Gasteiger partial charge < -0.3 is 23.5 Å². The smallest absolute Gasteiger partial charge is 0.435 e. The Hall–Kier alpha value is -3.46. The first-order valence-corrected chi connectivity index (χ1v) is 11.5. The van der Waals surface area contributed by atoms with Gasteiger partial charge in [0.25, 0.3) is 0 Å². The second kappa shape index (κ2) is 12.0. The van der Waals surface area contributed by atoms with Gasteiger partial charge in [0.15, 0.2) is 5.58 Å². The molecule has 3 rings (SSSR count). The van der Waals surface area contributed by atoms with Gasteiger partial charge in [-0.2, -0.15) is 39.5 Å². The fourth-order valence-electron chi connectivity index (χ4n) is 3.44. The van der Waals surface area contributed by atoms with E-state index in [1.807, 2.05) is 49.3 Å². The van der Waals surface area contributed by atoms with Crippen LogP contribution in [-0.2, 0) is 9.47 Å². The first-order valence-electron chi connectivity index (χ1n) is 11.5. The Kier molecular flexibility index (Phi) is 9.29. The number of rotatable bonds is 11. The van der Waals surface area contributed by atoms with E-state index in [-0.39, 0.29) is 19.0 Å². The molecule has 0 aliphatic carbocycles. The second-order valence-corrected chi connectivity index (χ2v) is 8.48. The van der Waals surface area contributed by atoms with Crippen LogP contribution in [0.25, 0.3) is 23.3 Å². The molecule has 0 spiro atoms. The molecule has 0 fully saturated rings. The molecule has 1 heterocycles. The third-order valence-electron chi connectivity index (χ3n) is 5.44. The molecule has 0 saturated carbocycles. The summed E-state index contributed by atoms with van der Waals surface area (Å²) in [6.07, 6.45) is -16.9. The highest BCUT2D eigenvalue weighted by atomic mass is 19.4. The summed E-state index contributed by atoms with van der Waals surface area (Å²) in [5.41, 5.74) is -3.48. The Morgan fingerprint density at radius 1 is 0.775 bits per heavy atom.